The molecule has 3 saturated heterocycles. The number of pyridine rings is 1. The van der Waals surface area contributed by atoms with Crippen molar-refractivity contribution in [1.82, 2.24) is 14.8 Å². The van der Waals surface area contributed by atoms with Crippen LogP contribution in [-0.2, 0) is 13.0 Å². The van der Waals surface area contributed by atoms with Gasteiger partial charge in [-0.05, 0) is 58.2 Å². The number of furan rings is 1. The molecule has 0 saturated carbocycles. The fourth-order valence-electron chi connectivity index (χ4n) is 4.77. The summed E-state index contributed by atoms with van der Waals surface area (Å²) in [6, 6.07) is 6.31. The van der Waals surface area contributed by atoms with Gasteiger partial charge in [0.25, 0.3) is 0 Å². The van der Waals surface area contributed by atoms with E-state index in [-0.39, 0.29) is 5.60 Å². The van der Waals surface area contributed by atoms with E-state index in [1.807, 2.05) is 32.4 Å². The third-order valence-electron chi connectivity index (χ3n) is 5.96. The number of rotatable bonds is 3. The van der Waals surface area contributed by atoms with Crippen LogP contribution in [0.2, 0.25) is 0 Å². The van der Waals surface area contributed by atoms with Gasteiger partial charge in [0.2, 0.25) is 5.88 Å². The lowest BCUT2D eigenvalue weighted by molar-refractivity contribution is -0.0814. The van der Waals surface area contributed by atoms with Crippen molar-refractivity contribution in [2.75, 3.05) is 33.7 Å². The van der Waals surface area contributed by atoms with Crippen LogP contribution in [0.4, 0.5) is 0 Å². The molecule has 132 valence electrons. The number of aromatic nitrogens is 1. The Labute approximate surface area is 148 Å². The number of hydrogen-bond acceptors (Lipinski definition) is 5. The summed E-state index contributed by atoms with van der Waals surface area (Å²) < 4.78 is 12.4. The van der Waals surface area contributed by atoms with Gasteiger partial charge in [-0.1, -0.05) is 0 Å². The average Bonchev–Trinajstić information content (AvgIpc) is 3.18. The molecule has 2 aromatic rings. The maximum absolute atomic E-state index is 6.43. The Morgan fingerprint density at radius 1 is 1.28 bits per heavy atom. The van der Waals surface area contributed by atoms with Crippen molar-refractivity contribution in [1.29, 1.82) is 0 Å². The van der Waals surface area contributed by atoms with Gasteiger partial charge in [0.15, 0.2) is 0 Å². The van der Waals surface area contributed by atoms with Crippen LogP contribution >= 0.6 is 0 Å². The molecule has 4 aliphatic rings. The van der Waals surface area contributed by atoms with Crippen LogP contribution in [0.5, 0.6) is 5.88 Å². The van der Waals surface area contributed by atoms with Gasteiger partial charge in [-0.3, -0.25) is 4.90 Å². The molecular weight excluding hydrogens is 314 g/mol. The third-order valence-corrected chi connectivity index (χ3v) is 5.96. The molecule has 0 N–H and O–H groups in total. The first-order valence-electron chi connectivity index (χ1n) is 9.25. The normalized spacial score (nSPS) is 30.0. The van der Waals surface area contributed by atoms with E-state index in [1.54, 1.807) is 0 Å². The number of ether oxygens (including phenoxy) is 1. The Morgan fingerprint density at radius 3 is 2.84 bits per heavy atom. The Hall–Kier alpha value is -1.85. The van der Waals surface area contributed by atoms with Gasteiger partial charge in [-0.25, -0.2) is 4.98 Å². The summed E-state index contributed by atoms with van der Waals surface area (Å²) in [5.41, 5.74) is 2.24. The molecule has 5 heteroatoms. The molecule has 4 aliphatic heterocycles. The fourth-order valence-corrected chi connectivity index (χ4v) is 4.77. The van der Waals surface area contributed by atoms with Crippen molar-refractivity contribution in [3.63, 3.8) is 0 Å². The minimum absolute atomic E-state index is 0.0380. The minimum atomic E-state index is -0.0380. The van der Waals surface area contributed by atoms with Crippen LogP contribution in [-0.4, -0.2) is 54.1 Å². The summed E-state index contributed by atoms with van der Waals surface area (Å²) in [6.45, 7) is 4.32. The summed E-state index contributed by atoms with van der Waals surface area (Å²) in [7, 11) is 4.09. The standard InChI is InChI=1S/C20H25N3O2/c1-22(2)12-17-3-4-18(24-17)15-9-14-10-20(25-19(14)21-11-15)13-23-7-5-16(20)6-8-23/h3-4,9,11,16H,5-8,10,12-13H2,1-2H3/t20-/m0/s1. The molecule has 1 spiro atoms. The smallest absolute Gasteiger partial charge is 0.217 e. The van der Waals surface area contributed by atoms with Gasteiger partial charge in [0, 0.05) is 36.2 Å². The van der Waals surface area contributed by atoms with Crippen LogP contribution in [0.3, 0.4) is 0 Å². The number of hydrogen-bond donors (Lipinski definition) is 0. The second kappa shape index (κ2) is 5.58. The molecule has 0 unspecified atom stereocenters. The Bertz CT molecular complexity index is 792. The second-order valence-corrected chi connectivity index (χ2v) is 8.09. The molecule has 0 aliphatic carbocycles. The van der Waals surface area contributed by atoms with Crippen LogP contribution in [0.25, 0.3) is 11.3 Å². The first kappa shape index (κ1) is 15.4. The molecule has 0 amide bonds. The molecule has 25 heavy (non-hydrogen) atoms. The van der Waals surface area contributed by atoms with E-state index in [2.05, 4.69) is 20.9 Å². The summed E-state index contributed by atoms with van der Waals surface area (Å²) in [4.78, 5) is 9.28. The van der Waals surface area contributed by atoms with Crippen LogP contribution in [0.15, 0.2) is 28.8 Å². The summed E-state index contributed by atoms with van der Waals surface area (Å²) in [5, 5.41) is 0. The van der Waals surface area contributed by atoms with Gasteiger partial charge in [-0.2, -0.15) is 0 Å². The topological polar surface area (TPSA) is 41.7 Å². The molecule has 3 fully saturated rings. The Morgan fingerprint density at radius 2 is 2.12 bits per heavy atom. The lowest BCUT2D eigenvalue weighted by Crippen LogP contribution is -2.61. The minimum Gasteiger partial charge on any atom is -0.469 e. The van der Waals surface area contributed by atoms with E-state index >= 15 is 0 Å². The van der Waals surface area contributed by atoms with E-state index in [9.17, 15) is 0 Å². The number of nitrogens with zero attached hydrogens (tertiary/aromatic N) is 3. The van der Waals surface area contributed by atoms with E-state index in [4.69, 9.17) is 9.15 Å². The highest BCUT2D eigenvalue weighted by molar-refractivity contribution is 5.59. The van der Waals surface area contributed by atoms with Gasteiger partial charge in [-0.15, -0.1) is 0 Å². The predicted octanol–water partition coefficient (Wildman–Crippen LogP) is 2.80. The van der Waals surface area contributed by atoms with Crippen molar-refractivity contribution in [3.8, 4) is 17.2 Å². The molecule has 0 radical (unpaired) electrons. The second-order valence-electron chi connectivity index (χ2n) is 8.09. The molecule has 0 aromatic carbocycles. The van der Waals surface area contributed by atoms with Gasteiger partial charge >= 0.3 is 0 Å². The molecule has 5 nitrogen and oxygen atoms in total. The largest absolute Gasteiger partial charge is 0.469 e. The molecule has 1 atom stereocenters. The monoisotopic (exact) mass is 339 g/mol. The fraction of sp³-hybridized carbons (Fsp3) is 0.550. The van der Waals surface area contributed by atoms with E-state index in [0.29, 0.717) is 5.92 Å². The third kappa shape index (κ3) is 2.57. The highest BCUT2D eigenvalue weighted by atomic mass is 16.5. The van der Waals surface area contributed by atoms with E-state index < -0.39 is 0 Å². The molecule has 6 heterocycles. The van der Waals surface area contributed by atoms with Crippen LogP contribution in [0, 0.1) is 5.92 Å². The zero-order valence-corrected chi connectivity index (χ0v) is 15.0. The predicted molar refractivity (Wildman–Crippen MR) is 95.6 cm³/mol. The van der Waals surface area contributed by atoms with Crippen LogP contribution < -0.4 is 4.74 Å². The lowest BCUT2D eigenvalue weighted by atomic mass is 9.73. The van der Waals surface area contributed by atoms with E-state index in [1.165, 1.54) is 31.5 Å². The quantitative estimate of drug-likeness (QED) is 0.860. The van der Waals surface area contributed by atoms with Crippen LogP contribution in [0.1, 0.15) is 24.2 Å². The number of piperidine rings is 3. The SMILES string of the molecule is CN(C)Cc1ccc(-c2cnc3c(c2)C[C@@]2(CN4CCC2CC4)O3)o1. The van der Waals surface area contributed by atoms with Crippen molar-refractivity contribution < 1.29 is 9.15 Å². The summed E-state index contributed by atoms with van der Waals surface area (Å²) >= 11 is 0. The highest BCUT2D eigenvalue weighted by Gasteiger charge is 2.52. The lowest BCUT2D eigenvalue weighted by Gasteiger charge is -2.50. The zero-order valence-electron chi connectivity index (χ0n) is 15.0. The molecule has 6 rings (SSSR count). The van der Waals surface area contributed by atoms with Gasteiger partial charge in [0.05, 0.1) is 6.54 Å². The summed E-state index contributed by atoms with van der Waals surface area (Å²) in [5.74, 6) is 3.37. The van der Waals surface area contributed by atoms with Crippen molar-refractivity contribution in [2.24, 2.45) is 5.92 Å². The van der Waals surface area contributed by atoms with Crippen molar-refractivity contribution in [2.45, 2.75) is 31.4 Å². The van der Waals surface area contributed by atoms with Gasteiger partial charge < -0.3 is 14.1 Å². The Kier molecular flexibility index (Phi) is 3.44. The first-order valence-corrected chi connectivity index (χ1v) is 9.25. The first-order chi connectivity index (χ1) is 12.1. The molecule has 2 bridgehead atoms. The highest BCUT2D eigenvalue weighted by Crippen LogP contribution is 2.46. The number of fused-ring (bicyclic) bond motifs is 3. The van der Waals surface area contributed by atoms with Crippen molar-refractivity contribution in [3.05, 3.63) is 35.7 Å². The van der Waals surface area contributed by atoms with E-state index in [0.717, 1.165) is 42.5 Å². The van der Waals surface area contributed by atoms with Gasteiger partial charge in [0.1, 0.15) is 17.1 Å². The summed E-state index contributed by atoms with van der Waals surface area (Å²) in [6.07, 6.45) is 5.38. The van der Waals surface area contributed by atoms with Crippen molar-refractivity contribution >= 4 is 0 Å². The Balaban J connectivity index is 1.41. The maximum atomic E-state index is 6.43. The average molecular weight is 339 g/mol. The molecule has 2 aromatic heterocycles. The maximum Gasteiger partial charge on any atom is 0.217 e. The zero-order chi connectivity index (χ0) is 17.0. The molecular formula is C20H25N3O2.